The number of carbonyl (C=O) groups excluding carboxylic acids is 2. The number of aryl methyl sites for hydroxylation is 1. The van der Waals surface area contributed by atoms with Crippen molar-refractivity contribution in [2.45, 2.75) is 52.0 Å². The van der Waals surface area contributed by atoms with Gasteiger partial charge in [0.1, 0.15) is 11.6 Å². The zero-order valence-electron chi connectivity index (χ0n) is 18.3. The van der Waals surface area contributed by atoms with Gasteiger partial charge in [-0.05, 0) is 61.7 Å². The van der Waals surface area contributed by atoms with Crippen LogP contribution in [0.2, 0.25) is 0 Å². The summed E-state index contributed by atoms with van der Waals surface area (Å²) in [5.41, 5.74) is 3.46. The van der Waals surface area contributed by atoms with Gasteiger partial charge in [-0.2, -0.15) is 5.10 Å². The molecule has 1 fully saturated rings. The van der Waals surface area contributed by atoms with E-state index in [1.165, 1.54) is 25.5 Å². The van der Waals surface area contributed by atoms with Gasteiger partial charge in [-0.25, -0.2) is 9.07 Å². The monoisotopic (exact) mass is 434 g/mol. The van der Waals surface area contributed by atoms with Gasteiger partial charge in [0, 0.05) is 24.1 Å². The topological polar surface area (TPSA) is 76.0 Å². The first-order valence-electron chi connectivity index (χ1n) is 11.0. The fourth-order valence-electron chi connectivity index (χ4n) is 4.23. The van der Waals surface area contributed by atoms with Crippen LogP contribution in [0.3, 0.4) is 0 Å². The third-order valence-corrected chi connectivity index (χ3v) is 5.80. The van der Waals surface area contributed by atoms with E-state index in [9.17, 15) is 14.0 Å². The molecular formula is C25H27FN4O2. The van der Waals surface area contributed by atoms with Crippen LogP contribution in [0.25, 0.3) is 16.8 Å². The van der Waals surface area contributed by atoms with Crippen LogP contribution in [-0.4, -0.2) is 27.6 Å². The number of hydrogen-bond donors (Lipinski definition) is 2. The van der Waals surface area contributed by atoms with Crippen LogP contribution < -0.4 is 10.6 Å². The summed E-state index contributed by atoms with van der Waals surface area (Å²) < 4.78 is 15.0. The molecule has 1 saturated carbocycles. The first-order valence-corrected chi connectivity index (χ1v) is 11.0. The third-order valence-electron chi connectivity index (χ3n) is 5.80. The lowest BCUT2D eigenvalue weighted by molar-refractivity contribution is -0.114. The zero-order valence-corrected chi connectivity index (χ0v) is 18.3. The van der Waals surface area contributed by atoms with E-state index in [-0.39, 0.29) is 23.7 Å². The second kappa shape index (κ2) is 9.34. The molecular weight excluding hydrogens is 407 g/mol. The van der Waals surface area contributed by atoms with E-state index in [1.54, 1.807) is 28.9 Å². The van der Waals surface area contributed by atoms with Gasteiger partial charge in [0.2, 0.25) is 5.91 Å². The highest BCUT2D eigenvalue weighted by Crippen LogP contribution is 2.33. The maximum absolute atomic E-state index is 13.4. The van der Waals surface area contributed by atoms with Gasteiger partial charge in [-0.3, -0.25) is 9.59 Å². The summed E-state index contributed by atoms with van der Waals surface area (Å²) in [4.78, 5) is 24.5. The molecule has 166 valence electrons. The maximum Gasteiger partial charge on any atom is 0.251 e. The van der Waals surface area contributed by atoms with Crippen molar-refractivity contribution in [1.29, 1.82) is 0 Å². The Bertz CT molecular complexity index is 1110. The molecule has 3 aromatic rings. The molecule has 4 rings (SSSR count). The van der Waals surface area contributed by atoms with Crippen molar-refractivity contribution in [2.24, 2.45) is 0 Å². The number of hydrogen-bond acceptors (Lipinski definition) is 3. The molecule has 1 aromatic heterocycles. The van der Waals surface area contributed by atoms with Gasteiger partial charge >= 0.3 is 0 Å². The summed E-state index contributed by atoms with van der Waals surface area (Å²) in [6.45, 7) is 3.27. The van der Waals surface area contributed by atoms with Gasteiger partial charge < -0.3 is 10.6 Å². The molecule has 32 heavy (non-hydrogen) atoms. The van der Waals surface area contributed by atoms with Crippen molar-refractivity contribution >= 4 is 17.6 Å². The van der Waals surface area contributed by atoms with Crippen LogP contribution in [0.15, 0.2) is 48.5 Å². The Kier molecular flexibility index (Phi) is 6.35. The quantitative estimate of drug-likeness (QED) is 0.593. The molecule has 7 heteroatoms. The van der Waals surface area contributed by atoms with E-state index < -0.39 is 0 Å². The summed E-state index contributed by atoms with van der Waals surface area (Å²) in [6.07, 6.45) is 5.61. The fourth-order valence-corrected chi connectivity index (χ4v) is 4.23. The largest absolute Gasteiger partial charge is 0.349 e. The Hall–Kier alpha value is -3.48. The van der Waals surface area contributed by atoms with Crippen molar-refractivity contribution in [3.05, 3.63) is 65.6 Å². The number of halogens is 1. The lowest BCUT2D eigenvalue weighted by atomic mass is 9.95. The predicted octanol–water partition coefficient (Wildman–Crippen LogP) is 5.01. The molecule has 1 aliphatic carbocycles. The molecule has 6 nitrogen and oxygen atoms in total. The molecule has 1 aliphatic rings. The molecule has 2 amide bonds. The van der Waals surface area contributed by atoms with Gasteiger partial charge in [-0.1, -0.05) is 31.4 Å². The number of nitrogens with zero attached hydrogens (tertiary/aromatic N) is 2. The minimum absolute atomic E-state index is 0.0748. The van der Waals surface area contributed by atoms with Crippen molar-refractivity contribution in [1.82, 2.24) is 15.1 Å². The number of benzene rings is 2. The summed E-state index contributed by atoms with van der Waals surface area (Å²) in [5.74, 6) is -0.143. The molecule has 0 saturated heterocycles. The van der Waals surface area contributed by atoms with E-state index in [0.717, 1.165) is 36.8 Å². The number of anilines is 1. The van der Waals surface area contributed by atoms with Crippen LogP contribution in [-0.2, 0) is 4.79 Å². The van der Waals surface area contributed by atoms with Gasteiger partial charge in [0.15, 0.2) is 0 Å². The number of carbonyl (C=O) groups is 2. The maximum atomic E-state index is 13.4. The Labute approximate surface area is 186 Å². The lowest BCUT2D eigenvalue weighted by Crippen LogP contribution is -2.36. The van der Waals surface area contributed by atoms with Crippen LogP contribution in [0, 0.1) is 12.7 Å². The zero-order chi connectivity index (χ0) is 22.7. The molecule has 2 N–H and O–H groups in total. The van der Waals surface area contributed by atoms with Crippen molar-refractivity contribution < 1.29 is 14.0 Å². The minimum Gasteiger partial charge on any atom is -0.349 e. The van der Waals surface area contributed by atoms with E-state index in [0.29, 0.717) is 22.8 Å². The smallest absolute Gasteiger partial charge is 0.251 e. The Morgan fingerprint density at radius 2 is 1.66 bits per heavy atom. The van der Waals surface area contributed by atoms with E-state index in [2.05, 4.69) is 15.7 Å². The second-order valence-electron chi connectivity index (χ2n) is 8.26. The normalized spacial score (nSPS) is 14.2. The van der Waals surface area contributed by atoms with Crippen molar-refractivity contribution in [3.63, 3.8) is 0 Å². The molecule has 2 aromatic carbocycles. The Morgan fingerprint density at radius 1 is 1.00 bits per heavy atom. The first kappa shape index (κ1) is 21.7. The molecule has 1 heterocycles. The number of nitrogens with one attached hydrogen (secondary N) is 2. The summed E-state index contributed by atoms with van der Waals surface area (Å²) in [7, 11) is 0. The van der Waals surface area contributed by atoms with E-state index in [1.807, 2.05) is 19.1 Å². The number of aromatic nitrogens is 2. The van der Waals surface area contributed by atoms with Crippen LogP contribution >= 0.6 is 0 Å². The third kappa shape index (κ3) is 4.72. The summed E-state index contributed by atoms with van der Waals surface area (Å²) in [6, 6.07) is 13.5. The Balaban J connectivity index is 1.64. The number of amides is 2. The molecule has 0 atom stereocenters. The van der Waals surface area contributed by atoms with E-state index >= 15 is 0 Å². The second-order valence-corrected chi connectivity index (χ2v) is 8.26. The SMILES string of the molecule is CC(=O)Nc1c(-c2ccc(F)cc2)c(C)nn1-c1ccc(C(=O)NC2CCCCC2)cc1. The highest BCUT2D eigenvalue weighted by Gasteiger charge is 2.20. The fraction of sp³-hybridized carbons (Fsp3) is 0.320. The minimum atomic E-state index is -0.332. The standard InChI is InChI=1S/C25H27FN4O2/c1-16-23(18-8-12-20(26)13-9-18)24(27-17(2)31)30(29-16)22-14-10-19(11-15-22)25(32)28-21-6-4-3-5-7-21/h8-15,21H,3-7H2,1-2H3,(H,27,31)(H,28,32). The average Bonchev–Trinajstić information content (AvgIpc) is 3.10. The first-order chi connectivity index (χ1) is 15.4. The summed E-state index contributed by atoms with van der Waals surface area (Å²) in [5, 5.41) is 10.6. The van der Waals surface area contributed by atoms with Crippen molar-refractivity contribution in [2.75, 3.05) is 5.32 Å². The number of rotatable bonds is 5. The van der Waals surface area contributed by atoms with Gasteiger partial charge in [-0.15, -0.1) is 0 Å². The Morgan fingerprint density at radius 3 is 2.28 bits per heavy atom. The van der Waals surface area contributed by atoms with Gasteiger partial charge in [0.25, 0.3) is 5.91 Å². The molecule has 0 bridgehead atoms. The van der Waals surface area contributed by atoms with E-state index in [4.69, 9.17) is 0 Å². The average molecular weight is 435 g/mol. The molecule has 0 aliphatic heterocycles. The molecule has 0 spiro atoms. The van der Waals surface area contributed by atoms with Gasteiger partial charge in [0.05, 0.1) is 11.4 Å². The highest BCUT2D eigenvalue weighted by molar-refractivity contribution is 5.95. The van der Waals surface area contributed by atoms with Crippen LogP contribution in [0.5, 0.6) is 0 Å². The molecule has 0 radical (unpaired) electrons. The molecule has 0 unspecified atom stereocenters. The summed E-state index contributed by atoms with van der Waals surface area (Å²) >= 11 is 0. The van der Waals surface area contributed by atoms with Crippen LogP contribution in [0.4, 0.5) is 10.2 Å². The highest BCUT2D eigenvalue weighted by atomic mass is 19.1. The van der Waals surface area contributed by atoms with Crippen molar-refractivity contribution in [3.8, 4) is 16.8 Å². The predicted molar refractivity (Wildman–Crippen MR) is 122 cm³/mol. The van der Waals surface area contributed by atoms with Crippen LogP contribution in [0.1, 0.15) is 55.1 Å². The lowest BCUT2D eigenvalue weighted by Gasteiger charge is -2.22.